The normalized spacial score (nSPS) is 33.2. The lowest BCUT2D eigenvalue weighted by molar-refractivity contribution is 0.140. The van der Waals surface area contributed by atoms with E-state index in [1.165, 1.54) is 70.8 Å². The Labute approximate surface area is 112 Å². The molecular weight excluding hydrogens is 230 g/mol. The van der Waals surface area contributed by atoms with E-state index in [0.717, 1.165) is 12.1 Å². The van der Waals surface area contributed by atoms with Crippen LogP contribution in [-0.2, 0) is 0 Å². The van der Waals surface area contributed by atoms with Crippen LogP contribution in [0.5, 0.6) is 0 Å². The van der Waals surface area contributed by atoms with Crippen LogP contribution >= 0.6 is 11.6 Å². The summed E-state index contributed by atoms with van der Waals surface area (Å²) < 4.78 is 0. The molecule has 0 aromatic carbocycles. The van der Waals surface area contributed by atoms with Gasteiger partial charge in [-0.05, 0) is 38.6 Å². The van der Waals surface area contributed by atoms with E-state index in [1.54, 1.807) is 0 Å². The minimum Gasteiger partial charge on any atom is -0.297 e. The number of rotatable bonds is 7. The molecule has 2 atom stereocenters. The number of hydrogen-bond acceptors (Lipinski definition) is 1. The Balaban J connectivity index is 1.60. The van der Waals surface area contributed by atoms with E-state index in [1.807, 2.05) is 0 Å². The fraction of sp³-hybridized carbons (Fsp3) is 1.00. The number of nitrogens with zero attached hydrogens (tertiary/aromatic N) is 1. The Bertz CT molecular complexity index is 205. The molecule has 2 aliphatic rings. The molecular formula is C15H28ClN. The van der Waals surface area contributed by atoms with Gasteiger partial charge in [0.15, 0.2) is 0 Å². The molecule has 2 unspecified atom stereocenters. The first-order chi connectivity index (χ1) is 8.31. The summed E-state index contributed by atoms with van der Waals surface area (Å²) in [6.07, 6.45) is 13.8. The lowest BCUT2D eigenvalue weighted by Crippen LogP contribution is -2.43. The molecule has 100 valence electrons. The summed E-state index contributed by atoms with van der Waals surface area (Å²) in [6.45, 7) is 3.62. The van der Waals surface area contributed by atoms with Crippen LogP contribution in [0.1, 0.15) is 71.1 Å². The molecule has 2 rings (SSSR count). The second kappa shape index (κ2) is 6.99. The summed E-state index contributed by atoms with van der Waals surface area (Å²) in [7, 11) is 0. The van der Waals surface area contributed by atoms with E-state index in [0.29, 0.717) is 5.38 Å². The van der Waals surface area contributed by atoms with Gasteiger partial charge in [0.25, 0.3) is 0 Å². The van der Waals surface area contributed by atoms with Crippen LogP contribution in [-0.4, -0.2) is 28.9 Å². The first-order valence-corrected chi connectivity index (χ1v) is 8.14. The van der Waals surface area contributed by atoms with Crippen molar-refractivity contribution in [1.82, 2.24) is 4.90 Å². The number of piperidine rings is 1. The Morgan fingerprint density at radius 1 is 0.941 bits per heavy atom. The molecule has 0 radical (unpaired) electrons. The Hall–Kier alpha value is 0.250. The van der Waals surface area contributed by atoms with Crippen molar-refractivity contribution in [1.29, 1.82) is 0 Å². The summed E-state index contributed by atoms with van der Waals surface area (Å²) in [5.41, 5.74) is 0. The third-order valence-electron chi connectivity index (χ3n) is 4.60. The number of alkyl halides is 1. The summed E-state index contributed by atoms with van der Waals surface area (Å²) in [4.78, 5) is 2.78. The van der Waals surface area contributed by atoms with Crippen LogP contribution in [0.2, 0.25) is 0 Å². The molecule has 2 saturated heterocycles. The molecule has 2 bridgehead atoms. The lowest BCUT2D eigenvalue weighted by Gasteiger charge is -2.37. The number of unbranched alkanes of at least 4 members (excludes halogenated alkanes) is 5. The average Bonchev–Trinajstić information content (AvgIpc) is 2.56. The van der Waals surface area contributed by atoms with Crippen LogP contribution in [0, 0.1) is 0 Å². The molecule has 2 heterocycles. The SMILES string of the molecule is CCCCCCCCN1C2CCC1CC(Cl)C2. The molecule has 0 amide bonds. The van der Waals surface area contributed by atoms with Crippen molar-refractivity contribution in [2.45, 2.75) is 88.6 Å². The molecule has 0 aromatic heterocycles. The van der Waals surface area contributed by atoms with Gasteiger partial charge in [-0.2, -0.15) is 0 Å². The van der Waals surface area contributed by atoms with Crippen molar-refractivity contribution in [3.05, 3.63) is 0 Å². The predicted octanol–water partition coefficient (Wildman–Crippen LogP) is 4.58. The number of hydrogen-bond donors (Lipinski definition) is 0. The minimum atomic E-state index is 0.466. The predicted molar refractivity (Wildman–Crippen MR) is 75.8 cm³/mol. The second-order valence-corrected chi connectivity index (χ2v) is 6.58. The quantitative estimate of drug-likeness (QED) is 0.477. The third kappa shape index (κ3) is 3.86. The van der Waals surface area contributed by atoms with Crippen molar-refractivity contribution >= 4 is 11.6 Å². The van der Waals surface area contributed by atoms with E-state index >= 15 is 0 Å². The maximum absolute atomic E-state index is 6.30. The van der Waals surface area contributed by atoms with Crippen LogP contribution < -0.4 is 0 Å². The maximum atomic E-state index is 6.30. The molecule has 17 heavy (non-hydrogen) atoms. The second-order valence-electron chi connectivity index (χ2n) is 5.96. The van der Waals surface area contributed by atoms with Crippen LogP contribution in [0.4, 0.5) is 0 Å². The zero-order valence-corrected chi connectivity index (χ0v) is 12.1. The van der Waals surface area contributed by atoms with E-state index in [-0.39, 0.29) is 0 Å². The monoisotopic (exact) mass is 257 g/mol. The Morgan fingerprint density at radius 3 is 2.18 bits per heavy atom. The van der Waals surface area contributed by atoms with Gasteiger partial charge in [0.2, 0.25) is 0 Å². The first-order valence-electron chi connectivity index (χ1n) is 7.71. The molecule has 0 N–H and O–H groups in total. The topological polar surface area (TPSA) is 3.24 Å². The van der Waals surface area contributed by atoms with Gasteiger partial charge >= 0.3 is 0 Å². The largest absolute Gasteiger partial charge is 0.297 e. The number of fused-ring (bicyclic) bond motifs is 2. The van der Waals surface area contributed by atoms with Gasteiger partial charge < -0.3 is 0 Å². The van der Waals surface area contributed by atoms with E-state index in [4.69, 9.17) is 11.6 Å². The highest BCUT2D eigenvalue weighted by atomic mass is 35.5. The van der Waals surface area contributed by atoms with E-state index in [2.05, 4.69) is 11.8 Å². The highest BCUT2D eigenvalue weighted by Gasteiger charge is 2.39. The third-order valence-corrected chi connectivity index (χ3v) is 4.95. The molecule has 2 heteroatoms. The first kappa shape index (κ1) is 13.7. The van der Waals surface area contributed by atoms with Crippen molar-refractivity contribution < 1.29 is 0 Å². The molecule has 0 aliphatic carbocycles. The van der Waals surface area contributed by atoms with Gasteiger partial charge in [-0.3, -0.25) is 4.90 Å². The summed E-state index contributed by atoms with van der Waals surface area (Å²) in [5.74, 6) is 0. The van der Waals surface area contributed by atoms with Gasteiger partial charge in [0, 0.05) is 17.5 Å². The molecule has 0 spiro atoms. The zero-order valence-electron chi connectivity index (χ0n) is 11.3. The van der Waals surface area contributed by atoms with Crippen molar-refractivity contribution in [2.75, 3.05) is 6.54 Å². The van der Waals surface area contributed by atoms with Gasteiger partial charge in [-0.15, -0.1) is 11.6 Å². The molecule has 1 nitrogen and oxygen atoms in total. The standard InChI is InChI=1S/C15H28ClN/c1-2-3-4-5-6-7-10-17-14-8-9-15(17)12-13(16)11-14/h13-15H,2-12H2,1H3. The summed E-state index contributed by atoms with van der Waals surface area (Å²) >= 11 is 6.30. The molecule has 0 aromatic rings. The van der Waals surface area contributed by atoms with E-state index in [9.17, 15) is 0 Å². The summed E-state index contributed by atoms with van der Waals surface area (Å²) in [6, 6.07) is 1.65. The number of halogens is 1. The van der Waals surface area contributed by atoms with Crippen LogP contribution in [0.25, 0.3) is 0 Å². The highest BCUT2D eigenvalue weighted by Crippen LogP contribution is 2.37. The molecule has 2 fully saturated rings. The Morgan fingerprint density at radius 2 is 1.53 bits per heavy atom. The minimum absolute atomic E-state index is 0.466. The van der Waals surface area contributed by atoms with Gasteiger partial charge in [-0.25, -0.2) is 0 Å². The van der Waals surface area contributed by atoms with Crippen molar-refractivity contribution in [2.24, 2.45) is 0 Å². The molecule has 2 aliphatic heterocycles. The fourth-order valence-electron chi connectivity index (χ4n) is 3.65. The fourth-order valence-corrected chi connectivity index (χ4v) is 4.06. The summed E-state index contributed by atoms with van der Waals surface area (Å²) in [5, 5.41) is 0.466. The Kier molecular flexibility index (Phi) is 5.62. The lowest BCUT2D eigenvalue weighted by atomic mass is 10.0. The average molecular weight is 258 g/mol. The van der Waals surface area contributed by atoms with E-state index < -0.39 is 0 Å². The van der Waals surface area contributed by atoms with Crippen molar-refractivity contribution in [3.8, 4) is 0 Å². The smallest absolute Gasteiger partial charge is 0.0365 e. The van der Waals surface area contributed by atoms with Crippen molar-refractivity contribution in [3.63, 3.8) is 0 Å². The van der Waals surface area contributed by atoms with Gasteiger partial charge in [0.1, 0.15) is 0 Å². The van der Waals surface area contributed by atoms with Gasteiger partial charge in [0.05, 0.1) is 0 Å². The van der Waals surface area contributed by atoms with Crippen LogP contribution in [0.15, 0.2) is 0 Å². The zero-order chi connectivity index (χ0) is 12.1. The van der Waals surface area contributed by atoms with Gasteiger partial charge in [-0.1, -0.05) is 39.0 Å². The highest BCUT2D eigenvalue weighted by molar-refractivity contribution is 6.20. The van der Waals surface area contributed by atoms with Crippen LogP contribution in [0.3, 0.4) is 0 Å². The molecule has 0 saturated carbocycles. The maximum Gasteiger partial charge on any atom is 0.0365 e.